The highest BCUT2D eigenvalue weighted by molar-refractivity contribution is 6.31. The van der Waals surface area contributed by atoms with Crippen molar-refractivity contribution in [3.63, 3.8) is 0 Å². The normalized spacial score (nSPS) is 14.8. The number of alkyl halides is 3. The molecule has 0 spiro atoms. The lowest BCUT2D eigenvalue weighted by atomic mass is 9.95. The zero-order valence-electron chi connectivity index (χ0n) is 19.1. The van der Waals surface area contributed by atoms with E-state index in [9.17, 15) is 18.0 Å². The van der Waals surface area contributed by atoms with Crippen molar-refractivity contribution in [1.29, 1.82) is 0 Å². The van der Waals surface area contributed by atoms with Gasteiger partial charge in [0.2, 0.25) is 0 Å². The Kier molecular flexibility index (Phi) is 6.70. The molecule has 0 saturated heterocycles. The van der Waals surface area contributed by atoms with E-state index in [1.165, 1.54) is 12.1 Å². The van der Waals surface area contributed by atoms with Gasteiger partial charge in [-0.3, -0.25) is 9.20 Å². The number of carbonyl (C=O) groups excluding carboxylic acids is 1. The Morgan fingerprint density at radius 2 is 1.56 bits per heavy atom. The number of hydrogen-bond acceptors (Lipinski definition) is 2. The lowest BCUT2D eigenvalue weighted by Gasteiger charge is -2.22. The van der Waals surface area contributed by atoms with Crippen LogP contribution in [0.15, 0.2) is 60.8 Å². The van der Waals surface area contributed by atoms with E-state index in [0.29, 0.717) is 38.2 Å². The molecule has 5 rings (SSSR count). The zero-order valence-corrected chi connectivity index (χ0v) is 20.6. The van der Waals surface area contributed by atoms with E-state index in [4.69, 9.17) is 28.2 Å². The number of amides is 1. The quantitative estimate of drug-likeness (QED) is 0.289. The molecule has 2 heterocycles. The molecule has 2 aromatic carbocycles. The maximum absolute atomic E-state index is 13.3. The first kappa shape index (κ1) is 24.7. The number of halogens is 5. The number of benzene rings is 2. The van der Waals surface area contributed by atoms with Crippen LogP contribution in [0, 0.1) is 0 Å². The molecule has 0 aliphatic heterocycles. The van der Waals surface area contributed by atoms with Gasteiger partial charge in [0.1, 0.15) is 0 Å². The Bertz CT molecular complexity index is 1410. The number of fused-ring (bicyclic) bond motifs is 1. The number of nitrogens with zero attached hydrogens (tertiary/aromatic N) is 2. The summed E-state index contributed by atoms with van der Waals surface area (Å²) in [6, 6.07) is 13.5. The Balaban J connectivity index is 1.67. The van der Waals surface area contributed by atoms with Gasteiger partial charge in [0.05, 0.1) is 27.5 Å². The van der Waals surface area contributed by atoms with Gasteiger partial charge in [-0.25, -0.2) is 4.98 Å². The number of hydrogen-bond donors (Lipinski definition) is 1. The van der Waals surface area contributed by atoms with Crippen LogP contribution in [-0.4, -0.2) is 21.3 Å². The smallest absolute Gasteiger partial charge is 0.349 e. The van der Waals surface area contributed by atoms with E-state index in [1.54, 1.807) is 40.9 Å². The van der Waals surface area contributed by atoms with Gasteiger partial charge in [0, 0.05) is 28.4 Å². The molecule has 2 aromatic heterocycles. The standard InChI is InChI=1S/C27H22Cl2F3N3O/c28-19-12-8-17(9-13-19)24-23(16-6-10-18(11-7-16)27(30,31)32)34-25-22(14-20(29)15-35(24)25)26(36)33-21-4-2-1-3-5-21/h6-15,21H,1-5H2,(H,33,36). The first-order valence-corrected chi connectivity index (χ1v) is 12.4. The lowest BCUT2D eigenvalue weighted by molar-refractivity contribution is -0.137. The van der Waals surface area contributed by atoms with Crippen molar-refractivity contribution < 1.29 is 18.0 Å². The monoisotopic (exact) mass is 531 g/mol. The number of pyridine rings is 1. The Hall–Kier alpha value is -3.03. The summed E-state index contributed by atoms with van der Waals surface area (Å²) in [5.74, 6) is -0.277. The third-order valence-corrected chi connectivity index (χ3v) is 6.93. The van der Waals surface area contributed by atoms with Gasteiger partial charge in [-0.05, 0) is 43.2 Å². The first-order chi connectivity index (χ1) is 17.2. The summed E-state index contributed by atoms with van der Waals surface area (Å²) in [5.41, 5.74) is 2.15. The van der Waals surface area contributed by atoms with Crippen molar-refractivity contribution in [2.24, 2.45) is 0 Å². The molecule has 9 heteroatoms. The fraction of sp³-hybridized carbons (Fsp3) is 0.259. The summed E-state index contributed by atoms with van der Waals surface area (Å²) in [6.07, 6.45) is 2.34. The highest BCUT2D eigenvalue weighted by atomic mass is 35.5. The molecular weight excluding hydrogens is 510 g/mol. The highest BCUT2D eigenvalue weighted by Gasteiger charge is 2.30. The molecule has 1 aliphatic carbocycles. The number of nitrogens with one attached hydrogen (secondary N) is 1. The molecule has 4 nitrogen and oxygen atoms in total. The minimum absolute atomic E-state index is 0.0883. The van der Waals surface area contributed by atoms with Gasteiger partial charge in [-0.1, -0.05) is 66.7 Å². The number of imidazole rings is 1. The van der Waals surface area contributed by atoms with Crippen LogP contribution in [0.25, 0.3) is 28.2 Å². The summed E-state index contributed by atoms with van der Waals surface area (Å²) < 4.78 is 41.2. The second-order valence-corrected chi connectivity index (χ2v) is 9.84. The van der Waals surface area contributed by atoms with Crippen molar-refractivity contribution >= 4 is 34.8 Å². The van der Waals surface area contributed by atoms with Gasteiger partial charge in [-0.2, -0.15) is 13.2 Å². The average Bonchev–Trinajstić information content (AvgIpc) is 3.23. The second kappa shape index (κ2) is 9.79. The lowest BCUT2D eigenvalue weighted by Crippen LogP contribution is -2.36. The predicted octanol–water partition coefficient (Wildman–Crippen LogP) is 8.06. The van der Waals surface area contributed by atoms with E-state index in [2.05, 4.69) is 5.32 Å². The van der Waals surface area contributed by atoms with Crippen LogP contribution >= 0.6 is 23.2 Å². The first-order valence-electron chi connectivity index (χ1n) is 11.7. The second-order valence-electron chi connectivity index (χ2n) is 8.97. The van der Waals surface area contributed by atoms with Crippen LogP contribution in [0.5, 0.6) is 0 Å². The van der Waals surface area contributed by atoms with Crippen molar-refractivity contribution in [3.8, 4) is 22.5 Å². The molecule has 0 unspecified atom stereocenters. The molecule has 0 radical (unpaired) electrons. The summed E-state index contributed by atoms with van der Waals surface area (Å²) in [5, 5.41) is 3.97. The number of aromatic nitrogens is 2. The van der Waals surface area contributed by atoms with Crippen molar-refractivity contribution in [2.75, 3.05) is 0 Å². The number of carbonyl (C=O) groups is 1. The minimum atomic E-state index is -4.45. The third-order valence-electron chi connectivity index (χ3n) is 6.47. The summed E-state index contributed by atoms with van der Waals surface area (Å²) in [7, 11) is 0. The molecule has 1 fully saturated rings. The van der Waals surface area contributed by atoms with Crippen LogP contribution in [0.2, 0.25) is 10.0 Å². The SMILES string of the molecule is O=C(NC1CCCCC1)c1cc(Cl)cn2c(-c3ccc(Cl)cc3)c(-c3ccc(C(F)(F)F)cc3)nc12. The van der Waals surface area contributed by atoms with E-state index < -0.39 is 11.7 Å². The fourth-order valence-corrected chi connectivity index (χ4v) is 5.02. The summed E-state index contributed by atoms with van der Waals surface area (Å²) >= 11 is 12.5. The average molecular weight is 532 g/mol. The number of rotatable bonds is 4. The van der Waals surface area contributed by atoms with Crippen LogP contribution in [-0.2, 0) is 6.18 Å². The Labute approximate surface area is 216 Å². The summed E-state index contributed by atoms with van der Waals surface area (Å²) in [4.78, 5) is 18.1. The summed E-state index contributed by atoms with van der Waals surface area (Å²) in [6.45, 7) is 0. The van der Waals surface area contributed by atoms with Gasteiger partial charge >= 0.3 is 6.18 Å². The molecule has 1 amide bonds. The van der Waals surface area contributed by atoms with Gasteiger partial charge < -0.3 is 5.32 Å². The maximum Gasteiger partial charge on any atom is 0.416 e. The largest absolute Gasteiger partial charge is 0.416 e. The van der Waals surface area contributed by atoms with Gasteiger partial charge in [-0.15, -0.1) is 0 Å². The molecule has 1 saturated carbocycles. The van der Waals surface area contributed by atoms with Crippen LogP contribution in [0.4, 0.5) is 13.2 Å². The Morgan fingerprint density at radius 3 is 2.19 bits per heavy atom. The molecule has 186 valence electrons. The zero-order chi connectivity index (χ0) is 25.4. The van der Waals surface area contributed by atoms with E-state index >= 15 is 0 Å². The molecule has 1 aliphatic rings. The van der Waals surface area contributed by atoms with Crippen molar-refractivity contribution in [3.05, 3.63) is 82.0 Å². The van der Waals surface area contributed by atoms with Crippen LogP contribution in [0.1, 0.15) is 48.0 Å². The molecule has 36 heavy (non-hydrogen) atoms. The Morgan fingerprint density at radius 1 is 0.917 bits per heavy atom. The van der Waals surface area contributed by atoms with E-state index in [-0.39, 0.29) is 11.9 Å². The van der Waals surface area contributed by atoms with Gasteiger partial charge in [0.25, 0.3) is 5.91 Å². The topological polar surface area (TPSA) is 46.4 Å². The van der Waals surface area contributed by atoms with Crippen molar-refractivity contribution in [1.82, 2.24) is 14.7 Å². The van der Waals surface area contributed by atoms with Gasteiger partial charge in [0.15, 0.2) is 5.65 Å². The van der Waals surface area contributed by atoms with E-state index in [0.717, 1.165) is 49.8 Å². The van der Waals surface area contributed by atoms with E-state index in [1.807, 2.05) is 0 Å². The predicted molar refractivity (Wildman–Crippen MR) is 135 cm³/mol. The fourth-order valence-electron chi connectivity index (χ4n) is 4.69. The van der Waals surface area contributed by atoms with Crippen LogP contribution in [0.3, 0.4) is 0 Å². The molecule has 1 N–H and O–H groups in total. The van der Waals surface area contributed by atoms with Crippen LogP contribution < -0.4 is 5.32 Å². The van der Waals surface area contributed by atoms with Crippen molar-refractivity contribution in [2.45, 2.75) is 44.3 Å². The molecule has 0 bridgehead atoms. The molecule has 0 atom stereocenters. The maximum atomic E-state index is 13.3. The minimum Gasteiger partial charge on any atom is -0.349 e. The highest BCUT2D eigenvalue weighted by Crippen LogP contribution is 2.37. The third kappa shape index (κ3) is 4.95. The molecular formula is C27H22Cl2F3N3O. The molecule has 4 aromatic rings.